The molecule has 0 saturated carbocycles. The number of rotatable bonds is 9. The van der Waals surface area contributed by atoms with Gasteiger partial charge in [0.2, 0.25) is 0 Å². The van der Waals surface area contributed by atoms with Gasteiger partial charge >= 0.3 is 12.2 Å². The summed E-state index contributed by atoms with van der Waals surface area (Å²) in [6, 6.07) is 8.08. The van der Waals surface area contributed by atoms with Gasteiger partial charge in [-0.05, 0) is 64.5 Å². The summed E-state index contributed by atoms with van der Waals surface area (Å²) in [4.78, 5) is 23.6. The summed E-state index contributed by atoms with van der Waals surface area (Å²) in [7, 11) is 0. The molecule has 0 radical (unpaired) electrons. The third-order valence-corrected chi connectivity index (χ3v) is 4.44. The molecule has 0 spiro atoms. The second-order valence-corrected chi connectivity index (χ2v) is 10.2. The molecule has 0 aliphatic carbocycles. The van der Waals surface area contributed by atoms with Gasteiger partial charge in [-0.15, -0.1) is 0 Å². The van der Waals surface area contributed by atoms with Crippen LogP contribution in [0.1, 0.15) is 66.5 Å². The van der Waals surface area contributed by atoms with Crippen LogP contribution in [0, 0.1) is 11.8 Å². The third kappa shape index (κ3) is 12.9. The van der Waals surface area contributed by atoms with Crippen LogP contribution in [0.5, 0.6) is 0 Å². The quantitative estimate of drug-likeness (QED) is 0.528. The van der Waals surface area contributed by atoms with E-state index < -0.39 is 17.3 Å². The lowest BCUT2D eigenvalue weighted by molar-refractivity contribution is 0.0507. The second-order valence-electron chi connectivity index (χ2n) is 10.2. The van der Waals surface area contributed by atoms with Crippen molar-refractivity contribution in [2.75, 3.05) is 13.1 Å². The molecule has 0 heterocycles. The van der Waals surface area contributed by atoms with Gasteiger partial charge in [0.1, 0.15) is 11.2 Å². The van der Waals surface area contributed by atoms with Crippen molar-refractivity contribution in [3.8, 4) is 0 Å². The van der Waals surface area contributed by atoms with Gasteiger partial charge in [-0.3, -0.25) is 0 Å². The Bertz CT molecular complexity index is 688. The summed E-state index contributed by atoms with van der Waals surface area (Å²) < 4.78 is 10.5. The van der Waals surface area contributed by atoms with Gasteiger partial charge in [-0.25, -0.2) is 9.59 Å². The van der Waals surface area contributed by atoms with Crippen molar-refractivity contribution in [3.63, 3.8) is 0 Å². The molecule has 3 N–H and O–H groups in total. The normalized spacial score (nSPS) is 12.9. The Morgan fingerprint density at radius 3 is 1.68 bits per heavy atom. The second kappa shape index (κ2) is 11.9. The highest BCUT2D eigenvalue weighted by Gasteiger charge is 2.19. The Morgan fingerprint density at radius 1 is 0.774 bits per heavy atom. The molecule has 176 valence electrons. The number of ether oxygens (including phenoxy) is 2. The first-order valence-electron chi connectivity index (χ1n) is 11.0. The van der Waals surface area contributed by atoms with Gasteiger partial charge in [0.05, 0.1) is 0 Å². The fourth-order valence-corrected chi connectivity index (χ4v) is 2.74. The Kier molecular flexibility index (Phi) is 10.3. The summed E-state index contributed by atoms with van der Waals surface area (Å²) in [6.07, 6.45) is -0.799. The Hall–Kier alpha value is -2.28. The average molecular weight is 436 g/mol. The van der Waals surface area contributed by atoms with E-state index in [1.807, 2.05) is 65.8 Å². The number of hydrogen-bond acceptors (Lipinski definition) is 5. The summed E-state index contributed by atoms with van der Waals surface area (Å²) in [5.41, 5.74) is 1.17. The highest BCUT2D eigenvalue weighted by Crippen LogP contribution is 2.12. The van der Waals surface area contributed by atoms with Crippen LogP contribution in [0.2, 0.25) is 0 Å². The molecular formula is C24H41N3O4. The molecule has 7 nitrogen and oxygen atoms in total. The SMILES string of the molecule is CC(C)C(CNCc1ccc(CNC(=O)OC(C)(C)C)cc1)CNC(=O)OC(C)(C)C. The van der Waals surface area contributed by atoms with Crippen LogP contribution in [0.3, 0.4) is 0 Å². The van der Waals surface area contributed by atoms with E-state index in [-0.39, 0.29) is 6.09 Å². The van der Waals surface area contributed by atoms with Crippen LogP contribution in [-0.2, 0) is 22.6 Å². The number of benzene rings is 1. The Labute approximate surface area is 187 Å². The van der Waals surface area contributed by atoms with Gasteiger partial charge in [0.15, 0.2) is 0 Å². The molecule has 1 unspecified atom stereocenters. The van der Waals surface area contributed by atoms with E-state index in [0.29, 0.717) is 24.9 Å². The molecule has 0 aliphatic heterocycles. The van der Waals surface area contributed by atoms with Crippen LogP contribution in [-0.4, -0.2) is 36.5 Å². The lowest BCUT2D eigenvalue weighted by atomic mass is 9.95. The van der Waals surface area contributed by atoms with E-state index in [1.165, 1.54) is 0 Å². The van der Waals surface area contributed by atoms with E-state index in [2.05, 4.69) is 29.8 Å². The van der Waals surface area contributed by atoms with E-state index in [9.17, 15) is 9.59 Å². The number of nitrogens with one attached hydrogen (secondary N) is 3. The van der Waals surface area contributed by atoms with Crippen molar-refractivity contribution in [1.29, 1.82) is 0 Å². The van der Waals surface area contributed by atoms with Crippen LogP contribution < -0.4 is 16.0 Å². The van der Waals surface area contributed by atoms with Crippen LogP contribution in [0.4, 0.5) is 9.59 Å². The van der Waals surface area contributed by atoms with E-state index in [4.69, 9.17) is 9.47 Å². The minimum atomic E-state index is -0.504. The zero-order valence-corrected chi connectivity index (χ0v) is 20.4. The number of hydrogen-bond donors (Lipinski definition) is 3. The lowest BCUT2D eigenvalue weighted by Crippen LogP contribution is -2.39. The maximum Gasteiger partial charge on any atom is 0.407 e. The van der Waals surface area contributed by atoms with Crippen molar-refractivity contribution in [2.45, 2.75) is 79.7 Å². The molecule has 1 aromatic rings. The fraction of sp³-hybridized carbons (Fsp3) is 0.667. The third-order valence-electron chi connectivity index (χ3n) is 4.44. The minimum absolute atomic E-state index is 0.296. The number of amides is 2. The van der Waals surface area contributed by atoms with E-state index in [0.717, 1.165) is 24.2 Å². The predicted molar refractivity (Wildman–Crippen MR) is 124 cm³/mol. The van der Waals surface area contributed by atoms with E-state index in [1.54, 1.807) is 0 Å². The van der Waals surface area contributed by atoms with Crippen molar-refractivity contribution < 1.29 is 19.1 Å². The van der Waals surface area contributed by atoms with Gasteiger partial charge in [0.25, 0.3) is 0 Å². The molecule has 0 fully saturated rings. The Balaban J connectivity index is 2.40. The molecule has 0 saturated heterocycles. The highest BCUT2D eigenvalue weighted by atomic mass is 16.6. The van der Waals surface area contributed by atoms with Gasteiger partial charge in [0, 0.05) is 26.2 Å². The average Bonchev–Trinajstić information content (AvgIpc) is 2.60. The molecule has 31 heavy (non-hydrogen) atoms. The smallest absolute Gasteiger partial charge is 0.407 e. The highest BCUT2D eigenvalue weighted by molar-refractivity contribution is 5.68. The van der Waals surface area contributed by atoms with Gasteiger partial charge in [-0.2, -0.15) is 0 Å². The first-order chi connectivity index (χ1) is 14.2. The topological polar surface area (TPSA) is 88.7 Å². The van der Waals surface area contributed by atoms with Gasteiger partial charge in [-0.1, -0.05) is 38.1 Å². The number of carbonyl (C=O) groups excluding carboxylic acids is 2. The summed E-state index contributed by atoms with van der Waals surface area (Å²) in [6.45, 7) is 17.9. The summed E-state index contributed by atoms with van der Waals surface area (Å²) in [5.74, 6) is 0.716. The summed E-state index contributed by atoms with van der Waals surface area (Å²) in [5, 5.41) is 9.10. The van der Waals surface area contributed by atoms with Crippen molar-refractivity contribution in [1.82, 2.24) is 16.0 Å². The zero-order valence-electron chi connectivity index (χ0n) is 20.4. The zero-order chi connectivity index (χ0) is 23.7. The molecule has 2 amide bonds. The fourth-order valence-electron chi connectivity index (χ4n) is 2.74. The van der Waals surface area contributed by atoms with Crippen LogP contribution >= 0.6 is 0 Å². The van der Waals surface area contributed by atoms with Gasteiger partial charge < -0.3 is 25.4 Å². The first-order valence-corrected chi connectivity index (χ1v) is 11.0. The molecular weight excluding hydrogens is 394 g/mol. The molecule has 1 rings (SSSR count). The molecule has 0 bridgehead atoms. The molecule has 0 aliphatic rings. The monoisotopic (exact) mass is 435 g/mol. The summed E-state index contributed by atoms with van der Waals surface area (Å²) >= 11 is 0. The van der Waals surface area contributed by atoms with Crippen LogP contribution in [0.25, 0.3) is 0 Å². The molecule has 1 aromatic carbocycles. The first kappa shape index (κ1) is 26.8. The van der Waals surface area contributed by atoms with Crippen molar-refractivity contribution in [2.24, 2.45) is 11.8 Å². The number of alkyl carbamates (subject to hydrolysis) is 2. The molecule has 0 aromatic heterocycles. The Morgan fingerprint density at radius 2 is 1.23 bits per heavy atom. The molecule has 1 atom stereocenters. The standard InChI is InChI=1S/C24H41N3O4/c1-17(2)20(16-27-22(29)31-24(6,7)8)15-25-13-18-9-11-19(12-10-18)14-26-21(28)30-23(3,4)5/h9-12,17,20,25H,13-16H2,1-8H3,(H,26,28)(H,27,29). The predicted octanol–water partition coefficient (Wildman–Crippen LogP) is 4.60. The lowest BCUT2D eigenvalue weighted by Gasteiger charge is -2.24. The van der Waals surface area contributed by atoms with Crippen molar-refractivity contribution in [3.05, 3.63) is 35.4 Å². The van der Waals surface area contributed by atoms with Crippen molar-refractivity contribution >= 4 is 12.2 Å². The maximum atomic E-state index is 11.9. The minimum Gasteiger partial charge on any atom is -0.444 e. The molecule has 7 heteroatoms. The largest absolute Gasteiger partial charge is 0.444 e. The van der Waals surface area contributed by atoms with E-state index >= 15 is 0 Å². The van der Waals surface area contributed by atoms with Crippen LogP contribution in [0.15, 0.2) is 24.3 Å². The maximum absolute atomic E-state index is 11.9. The number of carbonyl (C=O) groups is 2.